The van der Waals surface area contributed by atoms with Gasteiger partial charge in [-0.25, -0.2) is 15.0 Å². The minimum absolute atomic E-state index is 0. The minimum Gasteiger partial charge on any atom is -0.503 e. The van der Waals surface area contributed by atoms with Crippen LogP contribution in [0.3, 0.4) is 0 Å². The summed E-state index contributed by atoms with van der Waals surface area (Å²) in [5.74, 6) is 2.68. The van der Waals surface area contributed by atoms with E-state index in [9.17, 15) is 0 Å². The molecular weight excluding hydrogens is 1050 g/mol. The van der Waals surface area contributed by atoms with Gasteiger partial charge in [0.15, 0.2) is 0 Å². The van der Waals surface area contributed by atoms with Crippen LogP contribution in [-0.2, 0) is 53.0 Å². The van der Waals surface area contributed by atoms with E-state index in [4.69, 9.17) is 9.47 Å². The summed E-state index contributed by atoms with van der Waals surface area (Å²) in [6.45, 7) is 13.0. The summed E-state index contributed by atoms with van der Waals surface area (Å²) in [6, 6.07) is 41.7. The number of aromatic nitrogens is 6. The molecule has 4 aromatic carbocycles. The van der Waals surface area contributed by atoms with Crippen molar-refractivity contribution >= 4 is 21.8 Å². The van der Waals surface area contributed by atoms with Crippen molar-refractivity contribution in [2.24, 2.45) is 0 Å². The molecule has 4 heterocycles. The van der Waals surface area contributed by atoms with Crippen LogP contribution in [0.25, 0.3) is 50.3 Å². The summed E-state index contributed by atoms with van der Waals surface area (Å²) in [6.07, 6.45) is 6.51. The molecule has 0 aliphatic heterocycles. The first-order chi connectivity index (χ1) is 25.5. The maximum Gasteiger partial charge on any atom is 2.00 e. The fourth-order valence-corrected chi connectivity index (χ4v) is 6.32. The third-order valence-electron chi connectivity index (χ3n) is 8.92. The second kappa shape index (κ2) is 16.0. The standard InChI is InChI=1S/C45H36N6O2.2Pt/c1-44(2,3)35-23-33-34-24-36(45(4,5)6)42(53-32-16-12-14-30(22-32)38-18-8-10-20-48-38)26-40(34)51(43-49-27-46-28-50-43)39(33)25-41(35)52-31-15-11-13-29(21-31)37-17-7-9-19-47-37;;/h7-20,23-24,27-28H,1-6H3;;/q-4;2*+2. The summed E-state index contributed by atoms with van der Waals surface area (Å²) < 4.78 is 15.3. The summed E-state index contributed by atoms with van der Waals surface area (Å²) in [5.41, 5.74) is 6.12. The molecule has 278 valence electrons. The predicted octanol–water partition coefficient (Wildman–Crippen LogP) is 10.5. The van der Waals surface area contributed by atoms with E-state index in [0.29, 0.717) is 28.9 Å². The summed E-state index contributed by atoms with van der Waals surface area (Å²) >= 11 is 0. The third kappa shape index (κ3) is 8.17. The van der Waals surface area contributed by atoms with Gasteiger partial charge in [-0.3, -0.25) is 0 Å². The summed E-state index contributed by atoms with van der Waals surface area (Å²) in [4.78, 5) is 22.3. The molecule has 0 spiro atoms. The van der Waals surface area contributed by atoms with Crippen LogP contribution >= 0.6 is 0 Å². The van der Waals surface area contributed by atoms with Crippen molar-refractivity contribution in [1.82, 2.24) is 29.5 Å². The van der Waals surface area contributed by atoms with Gasteiger partial charge in [0.2, 0.25) is 5.95 Å². The Morgan fingerprint density at radius 2 is 0.982 bits per heavy atom. The van der Waals surface area contributed by atoms with Crippen molar-refractivity contribution in [2.75, 3.05) is 0 Å². The van der Waals surface area contributed by atoms with E-state index in [1.807, 2.05) is 77.4 Å². The van der Waals surface area contributed by atoms with E-state index >= 15 is 0 Å². The van der Waals surface area contributed by atoms with Gasteiger partial charge in [0, 0.05) is 35.4 Å². The number of rotatable bonds is 7. The zero-order valence-corrected chi connectivity index (χ0v) is 35.6. The van der Waals surface area contributed by atoms with Gasteiger partial charge >= 0.3 is 42.1 Å². The maximum atomic E-state index is 6.67. The Balaban J connectivity index is 0.00000257. The van der Waals surface area contributed by atoms with Gasteiger partial charge < -0.3 is 24.0 Å². The van der Waals surface area contributed by atoms with E-state index in [0.717, 1.165) is 55.4 Å². The van der Waals surface area contributed by atoms with Gasteiger partial charge in [-0.15, -0.1) is 70.8 Å². The Morgan fingerprint density at radius 3 is 1.38 bits per heavy atom. The minimum atomic E-state index is -0.297. The zero-order chi connectivity index (χ0) is 36.7. The van der Waals surface area contributed by atoms with Crippen LogP contribution in [0.4, 0.5) is 0 Å². The zero-order valence-electron chi connectivity index (χ0n) is 31.0. The smallest absolute Gasteiger partial charge is 0.503 e. The molecule has 0 fully saturated rings. The molecule has 8 rings (SSSR count). The molecule has 8 aromatic rings. The monoisotopic (exact) mass is 1080 g/mol. The Morgan fingerprint density at radius 1 is 0.527 bits per heavy atom. The van der Waals surface area contributed by atoms with Gasteiger partial charge in [0.25, 0.3) is 0 Å². The fraction of sp³-hybridized carbons (Fsp3) is 0.178. The van der Waals surface area contributed by atoms with Gasteiger partial charge in [-0.1, -0.05) is 99.8 Å². The maximum absolute atomic E-state index is 6.67. The Labute approximate surface area is 350 Å². The molecule has 0 saturated heterocycles. The average molecular weight is 1080 g/mol. The van der Waals surface area contributed by atoms with E-state index in [1.165, 1.54) is 12.7 Å². The molecule has 0 aliphatic carbocycles. The molecule has 4 aromatic heterocycles. The molecule has 8 nitrogen and oxygen atoms in total. The SMILES string of the molecule is CC(C)(C)c1cc2c3cc(C(C)(C)C)c(Oc4[c-]c(-c5ccccn5)ccc4)[c-]c3n(-c3ncncn3)c2[c-]c1Oc1[c-]c(-c2ccccn2)ccc1.[Pt+2].[Pt+2]. The van der Waals surface area contributed by atoms with Crippen LogP contribution in [0.5, 0.6) is 23.0 Å². The molecule has 0 unspecified atom stereocenters. The molecule has 0 radical (unpaired) electrons. The largest absolute Gasteiger partial charge is 2.00 e. The van der Waals surface area contributed by atoms with E-state index in [2.05, 4.69) is 103 Å². The number of fused-ring (bicyclic) bond motifs is 3. The Kier molecular flexibility index (Phi) is 11.5. The van der Waals surface area contributed by atoms with Crippen molar-refractivity contribution < 1.29 is 51.6 Å². The van der Waals surface area contributed by atoms with Crippen LogP contribution in [0.2, 0.25) is 0 Å². The second-order valence-electron chi connectivity index (χ2n) is 14.8. The molecule has 0 aliphatic rings. The van der Waals surface area contributed by atoms with E-state index in [1.54, 1.807) is 12.4 Å². The summed E-state index contributed by atoms with van der Waals surface area (Å²) in [5, 5.41) is 1.92. The number of hydrogen-bond acceptors (Lipinski definition) is 7. The normalized spacial score (nSPS) is 11.5. The number of ether oxygens (including phenoxy) is 2. The first kappa shape index (κ1) is 39.7. The van der Waals surface area contributed by atoms with Crippen molar-refractivity contribution in [3.63, 3.8) is 0 Å². The Bertz CT molecular complexity index is 2420. The van der Waals surface area contributed by atoms with Gasteiger partial charge in [0.05, 0.1) is 0 Å². The molecule has 55 heavy (non-hydrogen) atoms. The summed E-state index contributed by atoms with van der Waals surface area (Å²) in [7, 11) is 0. The van der Waals surface area contributed by atoms with Crippen LogP contribution in [-0.4, -0.2) is 29.5 Å². The van der Waals surface area contributed by atoms with E-state index in [-0.39, 0.29) is 53.0 Å². The van der Waals surface area contributed by atoms with Crippen molar-refractivity contribution in [3.05, 3.63) is 145 Å². The number of nitrogens with zero attached hydrogens (tertiary/aromatic N) is 6. The van der Waals surface area contributed by atoms with Crippen molar-refractivity contribution in [2.45, 2.75) is 52.4 Å². The van der Waals surface area contributed by atoms with Gasteiger partial charge in [0.1, 0.15) is 12.7 Å². The number of benzene rings is 4. The topological polar surface area (TPSA) is 87.8 Å². The second-order valence-corrected chi connectivity index (χ2v) is 14.8. The number of hydrogen-bond donors (Lipinski definition) is 0. The molecule has 0 amide bonds. The molecule has 10 heteroatoms. The van der Waals surface area contributed by atoms with E-state index < -0.39 is 0 Å². The molecule has 0 atom stereocenters. The Hall–Kier alpha value is -5.03. The molecular formula is C45H36N6O2Pt2. The van der Waals surface area contributed by atoms with Crippen LogP contribution in [0, 0.1) is 24.3 Å². The molecule has 0 N–H and O–H groups in total. The number of pyridine rings is 2. The predicted molar refractivity (Wildman–Crippen MR) is 206 cm³/mol. The first-order valence-corrected chi connectivity index (χ1v) is 17.4. The van der Waals surface area contributed by atoms with Gasteiger partial charge in [-0.05, 0) is 23.5 Å². The van der Waals surface area contributed by atoms with Crippen molar-refractivity contribution in [3.8, 4) is 51.5 Å². The first-order valence-electron chi connectivity index (χ1n) is 17.4. The molecule has 0 bridgehead atoms. The van der Waals surface area contributed by atoms with Crippen molar-refractivity contribution in [1.29, 1.82) is 0 Å². The van der Waals surface area contributed by atoms with Crippen LogP contribution in [0.1, 0.15) is 52.7 Å². The fourth-order valence-electron chi connectivity index (χ4n) is 6.32. The van der Waals surface area contributed by atoms with Crippen LogP contribution in [0.15, 0.2) is 110 Å². The quantitative estimate of drug-likeness (QED) is 0.147. The average Bonchev–Trinajstić information content (AvgIpc) is 3.47. The van der Waals surface area contributed by atoms with Crippen LogP contribution < -0.4 is 9.47 Å². The molecule has 0 saturated carbocycles. The third-order valence-corrected chi connectivity index (χ3v) is 8.92. The van der Waals surface area contributed by atoms with Gasteiger partial charge in [-0.2, -0.15) is 22.9 Å².